The van der Waals surface area contributed by atoms with E-state index in [1.54, 1.807) is 37.4 Å². The van der Waals surface area contributed by atoms with Gasteiger partial charge in [0, 0.05) is 22.8 Å². The van der Waals surface area contributed by atoms with Crippen molar-refractivity contribution in [1.29, 1.82) is 0 Å². The van der Waals surface area contributed by atoms with Crippen LogP contribution in [0.2, 0.25) is 0 Å². The van der Waals surface area contributed by atoms with Crippen LogP contribution >= 0.6 is 15.9 Å². The second-order valence-electron chi connectivity index (χ2n) is 4.59. The van der Waals surface area contributed by atoms with Crippen LogP contribution in [0.1, 0.15) is 26.3 Å². The highest BCUT2D eigenvalue weighted by Gasteiger charge is 2.10. The molecule has 2 rings (SSSR count). The Labute approximate surface area is 131 Å². The lowest BCUT2D eigenvalue weighted by atomic mass is 10.1. The second kappa shape index (κ2) is 6.54. The van der Waals surface area contributed by atoms with Crippen LogP contribution < -0.4 is 10.6 Å². The van der Waals surface area contributed by atoms with Crippen molar-refractivity contribution in [2.24, 2.45) is 0 Å². The number of hydrogen-bond donors (Lipinski definition) is 2. The fraction of sp³-hybridized carbons (Fsp3) is 0.125. The minimum Gasteiger partial charge on any atom is -0.355 e. The van der Waals surface area contributed by atoms with Gasteiger partial charge in [0.15, 0.2) is 0 Å². The van der Waals surface area contributed by atoms with E-state index in [4.69, 9.17) is 0 Å². The molecule has 0 fully saturated rings. The molecule has 0 atom stereocenters. The van der Waals surface area contributed by atoms with Crippen molar-refractivity contribution >= 4 is 33.4 Å². The third-order valence-electron chi connectivity index (χ3n) is 3.00. The average Bonchev–Trinajstić information content (AvgIpc) is 2.47. The molecule has 0 unspecified atom stereocenters. The summed E-state index contributed by atoms with van der Waals surface area (Å²) in [7, 11) is 1.58. The number of nitrogens with one attached hydrogen (secondary N) is 2. The first-order chi connectivity index (χ1) is 10.0. The largest absolute Gasteiger partial charge is 0.355 e. The lowest BCUT2D eigenvalue weighted by molar-refractivity contribution is 0.0962. The van der Waals surface area contributed by atoms with Gasteiger partial charge in [0.25, 0.3) is 11.8 Å². The molecule has 0 aliphatic carbocycles. The lowest BCUT2D eigenvalue weighted by Crippen LogP contribution is -2.18. The van der Waals surface area contributed by atoms with E-state index in [2.05, 4.69) is 26.6 Å². The molecule has 21 heavy (non-hydrogen) atoms. The molecule has 0 aliphatic heterocycles. The Bertz CT molecular complexity index is 681. The normalized spacial score (nSPS) is 10.0. The van der Waals surface area contributed by atoms with E-state index in [0.717, 1.165) is 10.0 Å². The second-order valence-corrected chi connectivity index (χ2v) is 5.45. The molecule has 0 aromatic heterocycles. The zero-order valence-corrected chi connectivity index (χ0v) is 13.3. The average molecular weight is 347 g/mol. The number of benzene rings is 2. The first-order valence-electron chi connectivity index (χ1n) is 6.41. The molecule has 2 amide bonds. The highest BCUT2D eigenvalue weighted by atomic mass is 79.9. The van der Waals surface area contributed by atoms with Crippen molar-refractivity contribution in [1.82, 2.24) is 5.32 Å². The Hall–Kier alpha value is -2.14. The molecule has 0 aliphatic rings. The van der Waals surface area contributed by atoms with E-state index < -0.39 is 0 Å². The van der Waals surface area contributed by atoms with E-state index in [1.165, 1.54) is 0 Å². The fourth-order valence-electron chi connectivity index (χ4n) is 1.85. The molecule has 2 aromatic carbocycles. The van der Waals surface area contributed by atoms with Gasteiger partial charge in [0.1, 0.15) is 0 Å². The number of carbonyl (C=O) groups excluding carboxylic acids is 2. The Kier molecular flexibility index (Phi) is 4.75. The van der Waals surface area contributed by atoms with E-state index in [0.29, 0.717) is 16.8 Å². The van der Waals surface area contributed by atoms with Crippen molar-refractivity contribution < 1.29 is 9.59 Å². The first kappa shape index (κ1) is 15.3. The molecular weight excluding hydrogens is 332 g/mol. The van der Waals surface area contributed by atoms with Crippen molar-refractivity contribution in [3.63, 3.8) is 0 Å². The van der Waals surface area contributed by atoms with Gasteiger partial charge in [-0.1, -0.05) is 6.07 Å². The molecule has 4 nitrogen and oxygen atoms in total. The number of aryl methyl sites for hydroxylation is 1. The number of anilines is 1. The molecule has 108 valence electrons. The monoisotopic (exact) mass is 346 g/mol. The standard InChI is InChI=1S/C16H15BrN2O2/c1-10-3-8-13(14(17)9-10)16(21)19-12-6-4-11(5-7-12)15(20)18-2/h3-9H,1-2H3,(H,18,20)(H,19,21). The summed E-state index contributed by atoms with van der Waals surface area (Å²) in [5.74, 6) is -0.358. The summed E-state index contributed by atoms with van der Waals surface area (Å²) in [6.45, 7) is 1.96. The Morgan fingerprint density at radius 3 is 2.24 bits per heavy atom. The smallest absolute Gasteiger partial charge is 0.256 e. The molecule has 0 saturated heterocycles. The predicted molar refractivity (Wildman–Crippen MR) is 86.7 cm³/mol. The van der Waals surface area contributed by atoms with Gasteiger partial charge in [-0.15, -0.1) is 0 Å². The highest BCUT2D eigenvalue weighted by molar-refractivity contribution is 9.10. The maximum atomic E-state index is 12.2. The van der Waals surface area contributed by atoms with Crippen LogP contribution in [0.3, 0.4) is 0 Å². The summed E-state index contributed by atoms with van der Waals surface area (Å²) < 4.78 is 0.752. The number of carbonyl (C=O) groups is 2. The maximum absolute atomic E-state index is 12.2. The molecule has 0 heterocycles. The van der Waals surface area contributed by atoms with Crippen LogP contribution in [-0.4, -0.2) is 18.9 Å². The summed E-state index contributed by atoms with van der Waals surface area (Å²) in [6.07, 6.45) is 0. The van der Waals surface area contributed by atoms with Gasteiger partial charge >= 0.3 is 0 Å². The van der Waals surface area contributed by atoms with Crippen molar-refractivity contribution in [3.05, 3.63) is 63.6 Å². The van der Waals surface area contributed by atoms with E-state index in [-0.39, 0.29) is 11.8 Å². The van der Waals surface area contributed by atoms with E-state index in [9.17, 15) is 9.59 Å². The predicted octanol–water partition coefficient (Wildman–Crippen LogP) is 3.37. The third kappa shape index (κ3) is 3.70. The molecular formula is C16H15BrN2O2. The lowest BCUT2D eigenvalue weighted by Gasteiger charge is -2.08. The summed E-state index contributed by atoms with van der Waals surface area (Å²) in [5, 5.41) is 5.35. The van der Waals surface area contributed by atoms with Crippen LogP contribution in [0.15, 0.2) is 46.9 Å². The van der Waals surface area contributed by atoms with Crippen molar-refractivity contribution in [2.75, 3.05) is 12.4 Å². The van der Waals surface area contributed by atoms with Crippen LogP contribution in [0.25, 0.3) is 0 Å². The quantitative estimate of drug-likeness (QED) is 0.894. The zero-order chi connectivity index (χ0) is 15.4. The molecule has 0 radical (unpaired) electrons. The Balaban J connectivity index is 2.14. The van der Waals surface area contributed by atoms with Gasteiger partial charge in [0.05, 0.1) is 5.56 Å². The number of halogens is 1. The number of hydrogen-bond acceptors (Lipinski definition) is 2. The van der Waals surface area contributed by atoms with Crippen LogP contribution in [0.4, 0.5) is 5.69 Å². The topological polar surface area (TPSA) is 58.2 Å². The van der Waals surface area contributed by atoms with Crippen molar-refractivity contribution in [3.8, 4) is 0 Å². The summed E-state index contributed by atoms with van der Waals surface area (Å²) >= 11 is 3.39. The minimum atomic E-state index is -0.199. The van der Waals surface area contributed by atoms with Gasteiger partial charge in [0.2, 0.25) is 0 Å². The van der Waals surface area contributed by atoms with Gasteiger partial charge in [-0.3, -0.25) is 9.59 Å². The van der Waals surface area contributed by atoms with Crippen molar-refractivity contribution in [2.45, 2.75) is 6.92 Å². The van der Waals surface area contributed by atoms with Crippen LogP contribution in [-0.2, 0) is 0 Å². The maximum Gasteiger partial charge on any atom is 0.256 e. The van der Waals surface area contributed by atoms with E-state index >= 15 is 0 Å². The van der Waals surface area contributed by atoms with Crippen LogP contribution in [0.5, 0.6) is 0 Å². The Morgan fingerprint density at radius 1 is 1.00 bits per heavy atom. The SMILES string of the molecule is CNC(=O)c1ccc(NC(=O)c2ccc(C)cc2Br)cc1. The van der Waals surface area contributed by atoms with Gasteiger partial charge in [-0.25, -0.2) is 0 Å². The molecule has 2 aromatic rings. The van der Waals surface area contributed by atoms with Gasteiger partial charge < -0.3 is 10.6 Å². The number of amides is 2. The van der Waals surface area contributed by atoms with Gasteiger partial charge in [-0.2, -0.15) is 0 Å². The summed E-state index contributed by atoms with van der Waals surface area (Å²) in [6, 6.07) is 12.3. The summed E-state index contributed by atoms with van der Waals surface area (Å²) in [5.41, 5.74) is 2.83. The fourth-order valence-corrected chi connectivity index (χ4v) is 2.53. The first-order valence-corrected chi connectivity index (χ1v) is 7.20. The Morgan fingerprint density at radius 2 is 1.67 bits per heavy atom. The highest BCUT2D eigenvalue weighted by Crippen LogP contribution is 2.20. The molecule has 0 spiro atoms. The minimum absolute atomic E-state index is 0.158. The van der Waals surface area contributed by atoms with Crippen LogP contribution in [0, 0.1) is 6.92 Å². The zero-order valence-electron chi connectivity index (χ0n) is 11.7. The van der Waals surface area contributed by atoms with E-state index in [1.807, 2.05) is 19.1 Å². The molecule has 0 bridgehead atoms. The molecule has 0 saturated carbocycles. The molecule has 5 heteroatoms. The molecule has 2 N–H and O–H groups in total. The number of rotatable bonds is 3. The van der Waals surface area contributed by atoms with Gasteiger partial charge in [-0.05, 0) is 64.8 Å². The summed E-state index contributed by atoms with van der Waals surface area (Å²) in [4.78, 5) is 23.6. The third-order valence-corrected chi connectivity index (χ3v) is 3.66.